The molecule has 0 aliphatic carbocycles. The molecule has 0 saturated carbocycles. The average Bonchev–Trinajstić information content (AvgIpc) is 3.03. The molecule has 0 saturated heterocycles. The van der Waals surface area contributed by atoms with Gasteiger partial charge in [0.25, 0.3) is 0 Å². The Bertz CT molecular complexity index is 967. The Labute approximate surface area is 168 Å². The summed E-state index contributed by atoms with van der Waals surface area (Å²) in [5.41, 5.74) is 1.47. The highest BCUT2D eigenvalue weighted by atomic mass is 32.2. The van der Waals surface area contributed by atoms with Crippen molar-refractivity contribution in [3.05, 3.63) is 30.0 Å². The zero-order valence-corrected chi connectivity index (χ0v) is 17.7. The van der Waals surface area contributed by atoms with Crippen molar-refractivity contribution in [1.82, 2.24) is 4.98 Å². The third-order valence-electron chi connectivity index (χ3n) is 3.40. The number of nitrogens with zero attached hydrogens (tertiary/aromatic N) is 1. The fourth-order valence-corrected chi connectivity index (χ4v) is 3.75. The lowest BCUT2D eigenvalue weighted by Crippen LogP contribution is -2.21. The van der Waals surface area contributed by atoms with E-state index in [9.17, 15) is 18.0 Å². The van der Waals surface area contributed by atoms with Crippen LogP contribution in [0.25, 0.3) is 0 Å². The molecule has 2 rings (SSSR count). The third kappa shape index (κ3) is 6.61. The van der Waals surface area contributed by atoms with Crippen LogP contribution < -0.4 is 15.4 Å². The summed E-state index contributed by atoms with van der Waals surface area (Å²) in [6.07, 6.45) is 1.78. The molecule has 10 heteroatoms. The van der Waals surface area contributed by atoms with Gasteiger partial charge in [-0.1, -0.05) is 31.3 Å². The number of hydrogen-bond acceptors (Lipinski definition) is 7. The number of aryl methyl sites for hydroxylation is 1. The predicted molar refractivity (Wildman–Crippen MR) is 109 cm³/mol. The van der Waals surface area contributed by atoms with Gasteiger partial charge in [-0.05, 0) is 30.5 Å². The van der Waals surface area contributed by atoms with Crippen molar-refractivity contribution in [2.45, 2.75) is 31.4 Å². The van der Waals surface area contributed by atoms with Crippen molar-refractivity contribution in [3.63, 3.8) is 0 Å². The van der Waals surface area contributed by atoms with Gasteiger partial charge < -0.3 is 15.4 Å². The Kier molecular flexibility index (Phi) is 7.14. The molecule has 2 N–H and O–H groups in total. The molecule has 1 aromatic heterocycles. The summed E-state index contributed by atoms with van der Waals surface area (Å²) in [5, 5.41) is 5.22. The van der Waals surface area contributed by atoms with Crippen LogP contribution in [-0.2, 0) is 19.4 Å². The largest absolute Gasteiger partial charge is 0.491 e. The van der Waals surface area contributed by atoms with Gasteiger partial charge in [-0.3, -0.25) is 9.59 Å². The van der Waals surface area contributed by atoms with Crippen LogP contribution in [0.3, 0.4) is 0 Å². The van der Waals surface area contributed by atoms with Crippen LogP contribution in [0.4, 0.5) is 10.8 Å². The van der Waals surface area contributed by atoms with Crippen molar-refractivity contribution >= 4 is 43.8 Å². The maximum Gasteiger partial charge on any atom is 0.235 e. The van der Waals surface area contributed by atoms with Crippen LogP contribution >= 0.6 is 11.3 Å². The fraction of sp³-hybridized carbons (Fsp3) is 0.389. The standard InChI is InChI=1S/C18H23N3O5S2/c1-11(2)10-26-14-7-12(3)5-6-13(14)20-15(22)8-16(23)21-18-19-9-17(27-18)28(4,24)25/h5-7,9,11H,8,10H2,1-4H3,(H,20,22)(H,19,21,23). The molecule has 152 valence electrons. The molecule has 0 bridgehead atoms. The summed E-state index contributed by atoms with van der Waals surface area (Å²) in [5.74, 6) is -0.246. The van der Waals surface area contributed by atoms with Gasteiger partial charge >= 0.3 is 0 Å². The first kappa shape index (κ1) is 21.8. The molecule has 1 aromatic carbocycles. The van der Waals surface area contributed by atoms with Crippen molar-refractivity contribution in [2.24, 2.45) is 5.92 Å². The number of aromatic nitrogens is 1. The molecule has 1 heterocycles. The van der Waals surface area contributed by atoms with Gasteiger partial charge in [-0.15, -0.1) is 0 Å². The van der Waals surface area contributed by atoms with Crippen LogP contribution in [0.2, 0.25) is 0 Å². The molecule has 0 aliphatic rings. The quantitative estimate of drug-likeness (QED) is 0.629. The van der Waals surface area contributed by atoms with E-state index in [2.05, 4.69) is 15.6 Å². The zero-order valence-electron chi connectivity index (χ0n) is 16.1. The van der Waals surface area contributed by atoms with E-state index >= 15 is 0 Å². The van der Waals surface area contributed by atoms with Crippen molar-refractivity contribution in [3.8, 4) is 5.75 Å². The number of ether oxygens (including phenoxy) is 1. The van der Waals surface area contributed by atoms with Crippen molar-refractivity contribution in [1.29, 1.82) is 0 Å². The molecule has 0 aliphatic heterocycles. The molecule has 2 amide bonds. The maximum absolute atomic E-state index is 12.2. The van der Waals surface area contributed by atoms with Gasteiger partial charge in [0.2, 0.25) is 11.8 Å². The van der Waals surface area contributed by atoms with E-state index in [4.69, 9.17) is 4.74 Å². The average molecular weight is 426 g/mol. The third-order valence-corrected chi connectivity index (χ3v) is 6.10. The van der Waals surface area contributed by atoms with E-state index in [0.29, 0.717) is 24.0 Å². The van der Waals surface area contributed by atoms with Gasteiger partial charge in [0.15, 0.2) is 15.0 Å². The van der Waals surface area contributed by atoms with Crippen LogP contribution in [0.15, 0.2) is 28.6 Å². The molecular weight excluding hydrogens is 402 g/mol. The smallest absolute Gasteiger partial charge is 0.235 e. The van der Waals surface area contributed by atoms with Crippen LogP contribution in [0.5, 0.6) is 5.75 Å². The van der Waals surface area contributed by atoms with Crippen LogP contribution in [0.1, 0.15) is 25.8 Å². The van der Waals surface area contributed by atoms with Gasteiger partial charge in [-0.2, -0.15) is 0 Å². The lowest BCUT2D eigenvalue weighted by atomic mass is 10.2. The number of anilines is 2. The number of carbonyl (C=O) groups is 2. The minimum Gasteiger partial charge on any atom is -0.491 e. The predicted octanol–water partition coefficient (Wildman–Crippen LogP) is 2.86. The highest BCUT2D eigenvalue weighted by Crippen LogP contribution is 2.27. The molecular formula is C18H23N3O5S2. The Balaban J connectivity index is 1.98. The minimum absolute atomic E-state index is 0.0406. The van der Waals surface area contributed by atoms with E-state index in [-0.39, 0.29) is 9.34 Å². The molecule has 0 unspecified atom stereocenters. The first-order valence-corrected chi connectivity index (χ1v) is 11.2. The number of benzene rings is 1. The number of amides is 2. The second-order valence-corrected chi connectivity index (χ2v) is 10.0. The molecule has 0 spiro atoms. The van der Waals surface area contributed by atoms with Gasteiger partial charge in [0, 0.05) is 6.26 Å². The number of carbonyl (C=O) groups excluding carboxylic acids is 2. The van der Waals surface area contributed by atoms with Crippen molar-refractivity contribution < 1.29 is 22.7 Å². The molecule has 2 aromatic rings. The molecule has 0 radical (unpaired) electrons. The highest BCUT2D eigenvalue weighted by Gasteiger charge is 2.16. The molecule has 8 nitrogen and oxygen atoms in total. The Morgan fingerprint density at radius 2 is 1.89 bits per heavy atom. The lowest BCUT2D eigenvalue weighted by molar-refractivity contribution is -0.123. The van der Waals surface area contributed by atoms with Gasteiger partial charge in [0.05, 0.1) is 18.5 Å². The number of hydrogen-bond donors (Lipinski definition) is 2. The SMILES string of the molecule is Cc1ccc(NC(=O)CC(=O)Nc2ncc(S(C)(=O)=O)s2)c(OCC(C)C)c1. The van der Waals surface area contributed by atoms with E-state index in [1.807, 2.05) is 32.9 Å². The van der Waals surface area contributed by atoms with E-state index in [1.165, 1.54) is 6.20 Å². The summed E-state index contributed by atoms with van der Waals surface area (Å²) in [6, 6.07) is 5.38. The Morgan fingerprint density at radius 3 is 2.50 bits per heavy atom. The first-order chi connectivity index (χ1) is 13.0. The normalized spacial score (nSPS) is 11.3. The number of nitrogens with one attached hydrogen (secondary N) is 2. The van der Waals surface area contributed by atoms with Crippen LogP contribution in [0, 0.1) is 12.8 Å². The highest BCUT2D eigenvalue weighted by molar-refractivity contribution is 7.92. The zero-order chi connectivity index (χ0) is 20.9. The Morgan fingerprint density at radius 1 is 1.21 bits per heavy atom. The van der Waals surface area contributed by atoms with E-state index in [1.54, 1.807) is 6.07 Å². The second-order valence-electron chi connectivity index (χ2n) is 6.73. The number of sulfone groups is 1. The van der Waals surface area contributed by atoms with Crippen molar-refractivity contribution in [2.75, 3.05) is 23.5 Å². The fourth-order valence-electron chi connectivity index (χ4n) is 2.10. The molecule has 0 atom stereocenters. The second kappa shape index (κ2) is 9.16. The Hall–Kier alpha value is -2.46. The number of thiazole rings is 1. The summed E-state index contributed by atoms with van der Waals surface area (Å²) in [6.45, 7) is 6.46. The van der Waals surface area contributed by atoms with E-state index < -0.39 is 28.1 Å². The summed E-state index contributed by atoms with van der Waals surface area (Å²) in [7, 11) is -3.39. The topological polar surface area (TPSA) is 114 Å². The molecule has 0 fully saturated rings. The van der Waals surface area contributed by atoms with E-state index in [0.717, 1.165) is 23.2 Å². The summed E-state index contributed by atoms with van der Waals surface area (Å²) in [4.78, 5) is 28.1. The minimum atomic E-state index is -3.39. The number of rotatable bonds is 8. The van der Waals surface area contributed by atoms with Gasteiger partial charge in [0.1, 0.15) is 16.4 Å². The van der Waals surface area contributed by atoms with Crippen LogP contribution in [-0.4, -0.2) is 38.1 Å². The monoisotopic (exact) mass is 425 g/mol. The van der Waals surface area contributed by atoms with Gasteiger partial charge in [-0.25, -0.2) is 13.4 Å². The molecule has 28 heavy (non-hydrogen) atoms. The first-order valence-electron chi connectivity index (χ1n) is 8.53. The maximum atomic E-state index is 12.2. The summed E-state index contributed by atoms with van der Waals surface area (Å²) >= 11 is 0.830. The summed E-state index contributed by atoms with van der Waals surface area (Å²) < 4.78 is 28.7. The lowest BCUT2D eigenvalue weighted by Gasteiger charge is -2.14.